The van der Waals surface area contributed by atoms with Gasteiger partial charge in [-0.2, -0.15) is 0 Å². The minimum atomic E-state index is -1.11. The Labute approximate surface area is 121 Å². The minimum absolute atomic E-state index is 0.0727. The number of nitrogens with one attached hydrogen (secondary N) is 1. The van der Waals surface area contributed by atoms with Gasteiger partial charge in [0.1, 0.15) is 11.4 Å². The van der Waals surface area contributed by atoms with E-state index in [-0.39, 0.29) is 11.6 Å². The van der Waals surface area contributed by atoms with Crippen LogP contribution in [0.2, 0.25) is 0 Å². The largest absolute Gasteiger partial charge is 0.477 e. The van der Waals surface area contributed by atoms with Gasteiger partial charge in [-0.15, -0.1) is 0 Å². The van der Waals surface area contributed by atoms with Gasteiger partial charge in [0.15, 0.2) is 0 Å². The number of carboxylic acid groups (broad SMARTS) is 1. The van der Waals surface area contributed by atoms with Gasteiger partial charge in [0, 0.05) is 19.9 Å². The number of aromatic carboxylic acids is 1. The zero-order valence-corrected chi connectivity index (χ0v) is 11.4. The second kappa shape index (κ2) is 6.67. The van der Waals surface area contributed by atoms with Crippen LogP contribution in [0.5, 0.6) is 0 Å². The summed E-state index contributed by atoms with van der Waals surface area (Å²) in [7, 11) is 1.60. The molecular weight excluding hydrogens is 274 g/mol. The maximum atomic E-state index is 12.2. The topological polar surface area (TPSA) is 93.5 Å². The molecule has 2 aromatic rings. The van der Waals surface area contributed by atoms with Gasteiger partial charge in [0.2, 0.25) is 0 Å². The molecule has 2 aromatic heterocycles. The summed E-state index contributed by atoms with van der Waals surface area (Å²) in [5, 5.41) is 11.4. The molecule has 0 radical (unpaired) electrons. The van der Waals surface area contributed by atoms with Crippen LogP contribution in [-0.2, 0) is 11.3 Å². The van der Waals surface area contributed by atoms with Gasteiger partial charge >= 0.3 is 5.97 Å². The summed E-state index contributed by atoms with van der Waals surface area (Å²) in [6.07, 6.45) is 3.10. The smallest absolute Gasteiger partial charge is 0.354 e. The molecule has 7 heteroatoms. The van der Waals surface area contributed by atoms with Crippen LogP contribution in [-0.4, -0.2) is 40.3 Å². The zero-order valence-electron chi connectivity index (χ0n) is 11.4. The van der Waals surface area contributed by atoms with Crippen molar-refractivity contribution in [2.75, 3.05) is 19.0 Å². The number of anilines is 1. The molecule has 2 heterocycles. The van der Waals surface area contributed by atoms with E-state index in [9.17, 15) is 9.59 Å². The molecule has 0 unspecified atom stereocenters. The number of ether oxygens (including phenoxy) is 1. The minimum Gasteiger partial charge on any atom is -0.477 e. The molecule has 0 spiro atoms. The van der Waals surface area contributed by atoms with Crippen molar-refractivity contribution in [3.63, 3.8) is 0 Å². The molecule has 110 valence electrons. The van der Waals surface area contributed by atoms with Gasteiger partial charge < -0.3 is 19.7 Å². The Morgan fingerprint density at radius 1 is 1.38 bits per heavy atom. The number of rotatable bonds is 6. The first-order valence-corrected chi connectivity index (χ1v) is 6.26. The molecule has 0 aromatic carbocycles. The molecule has 0 bridgehead atoms. The Kier molecular flexibility index (Phi) is 4.68. The number of pyridine rings is 1. The van der Waals surface area contributed by atoms with Crippen LogP contribution in [0.25, 0.3) is 0 Å². The molecule has 0 saturated heterocycles. The molecule has 0 saturated carbocycles. The first kappa shape index (κ1) is 14.7. The fourth-order valence-electron chi connectivity index (χ4n) is 1.79. The molecule has 0 aliphatic rings. The SMILES string of the molecule is COCCn1cccc1C(=O)Nc1ccc(C(=O)O)nc1. The lowest BCUT2D eigenvalue weighted by atomic mass is 10.3. The maximum Gasteiger partial charge on any atom is 0.354 e. The van der Waals surface area contributed by atoms with Crippen molar-refractivity contribution in [3.8, 4) is 0 Å². The van der Waals surface area contributed by atoms with E-state index in [2.05, 4.69) is 10.3 Å². The molecule has 0 aliphatic heterocycles. The van der Waals surface area contributed by atoms with E-state index in [0.29, 0.717) is 24.5 Å². The molecular formula is C14H15N3O4. The van der Waals surface area contributed by atoms with Gasteiger partial charge in [-0.3, -0.25) is 4.79 Å². The van der Waals surface area contributed by atoms with E-state index in [1.807, 2.05) is 0 Å². The molecule has 0 atom stereocenters. The first-order chi connectivity index (χ1) is 10.1. The van der Waals surface area contributed by atoms with E-state index >= 15 is 0 Å². The van der Waals surface area contributed by atoms with Crippen LogP contribution in [0, 0.1) is 0 Å². The molecule has 7 nitrogen and oxygen atoms in total. The normalized spacial score (nSPS) is 10.3. The quantitative estimate of drug-likeness (QED) is 0.840. The van der Waals surface area contributed by atoms with Crippen LogP contribution in [0.3, 0.4) is 0 Å². The summed E-state index contributed by atoms with van der Waals surface area (Å²) in [6, 6.07) is 6.30. The maximum absolute atomic E-state index is 12.2. The zero-order chi connectivity index (χ0) is 15.2. The Morgan fingerprint density at radius 3 is 2.81 bits per heavy atom. The number of carbonyl (C=O) groups is 2. The van der Waals surface area contributed by atoms with E-state index in [4.69, 9.17) is 9.84 Å². The van der Waals surface area contributed by atoms with Crippen LogP contribution in [0.4, 0.5) is 5.69 Å². The number of hydrogen-bond acceptors (Lipinski definition) is 4. The van der Waals surface area contributed by atoms with Crippen molar-refractivity contribution in [2.45, 2.75) is 6.54 Å². The number of carbonyl (C=O) groups excluding carboxylic acids is 1. The van der Waals surface area contributed by atoms with E-state index in [0.717, 1.165) is 0 Å². The Morgan fingerprint density at radius 2 is 2.19 bits per heavy atom. The lowest BCUT2D eigenvalue weighted by Gasteiger charge is -2.09. The van der Waals surface area contributed by atoms with Crippen molar-refractivity contribution < 1.29 is 19.4 Å². The number of carboxylic acids is 1. The number of methoxy groups -OCH3 is 1. The van der Waals surface area contributed by atoms with Gasteiger partial charge in [0.05, 0.1) is 18.5 Å². The summed E-state index contributed by atoms with van der Waals surface area (Å²) < 4.78 is 6.76. The highest BCUT2D eigenvalue weighted by Crippen LogP contribution is 2.10. The van der Waals surface area contributed by atoms with Crippen LogP contribution < -0.4 is 5.32 Å². The Balaban J connectivity index is 2.07. The molecule has 0 aliphatic carbocycles. The van der Waals surface area contributed by atoms with Crippen molar-refractivity contribution in [3.05, 3.63) is 48.0 Å². The summed E-state index contributed by atoms with van der Waals surface area (Å²) >= 11 is 0. The van der Waals surface area contributed by atoms with E-state index < -0.39 is 5.97 Å². The third-order valence-corrected chi connectivity index (χ3v) is 2.84. The summed E-state index contributed by atoms with van der Waals surface area (Å²) in [5.41, 5.74) is 0.857. The fourth-order valence-corrected chi connectivity index (χ4v) is 1.79. The van der Waals surface area contributed by atoms with Gasteiger partial charge in [0.25, 0.3) is 5.91 Å². The number of nitrogens with zero attached hydrogens (tertiary/aromatic N) is 2. The Bertz CT molecular complexity index is 634. The highest BCUT2D eigenvalue weighted by atomic mass is 16.5. The first-order valence-electron chi connectivity index (χ1n) is 6.26. The van der Waals surface area contributed by atoms with Gasteiger partial charge in [-0.05, 0) is 24.3 Å². The van der Waals surface area contributed by atoms with Crippen LogP contribution >= 0.6 is 0 Å². The molecule has 2 N–H and O–H groups in total. The van der Waals surface area contributed by atoms with Gasteiger partial charge in [-0.25, -0.2) is 9.78 Å². The van der Waals surface area contributed by atoms with Gasteiger partial charge in [-0.1, -0.05) is 0 Å². The molecule has 0 fully saturated rings. The number of amides is 1. The van der Waals surface area contributed by atoms with E-state index in [1.165, 1.54) is 18.3 Å². The predicted molar refractivity (Wildman–Crippen MR) is 75.5 cm³/mol. The predicted octanol–water partition coefficient (Wildman–Crippen LogP) is 1.48. The summed E-state index contributed by atoms with van der Waals surface area (Å²) in [6.45, 7) is 1.08. The third-order valence-electron chi connectivity index (χ3n) is 2.84. The second-order valence-corrected chi connectivity index (χ2v) is 4.27. The molecule has 1 amide bonds. The number of aromatic nitrogens is 2. The van der Waals surface area contributed by atoms with Crippen LogP contribution in [0.15, 0.2) is 36.7 Å². The lowest BCUT2D eigenvalue weighted by molar-refractivity contribution is 0.0690. The highest BCUT2D eigenvalue weighted by Gasteiger charge is 2.11. The standard InChI is InChI=1S/C14H15N3O4/c1-21-8-7-17-6-2-3-12(17)13(18)16-10-4-5-11(14(19)20)15-9-10/h2-6,9H,7-8H2,1H3,(H,16,18)(H,19,20). The second-order valence-electron chi connectivity index (χ2n) is 4.27. The Hall–Kier alpha value is -2.67. The van der Waals surface area contributed by atoms with Crippen LogP contribution in [0.1, 0.15) is 21.0 Å². The highest BCUT2D eigenvalue weighted by molar-refractivity contribution is 6.03. The van der Waals surface area contributed by atoms with Crippen molar-refractivity contribution in [2.24, 2.45) is 0 Å². The average molecular weight is 289 g/mol. The van der Waals surface area contributed by atoms with Crippen molar-refractivity contribution in [1.82, 2.24) is 9.55 Å². The number of hydrogen-bond donors (Lipinski definition) is 2. The summed E-state index contributed by atoms with van der Waals surface area (Å²) in [5.74, 6) is -1.40. The summed E-state index contributed by atoms with van der Waals surface area (Å²) in [4.78, 5) is 26.6. The molecule has 2 rings (SSSR count). The monoisotopic (exact) mass is 289 g/mol. The fraction of sp³-hybridized carbons (Fsp3) is 0.214. The van der Waals surface area contributed by atoms with Crippen molar-refractivity contribution in [1.29, 1.82) is 0 Å². The third kappa shape index (κ3) is 3.67. The molecule has 21 heavy (non-hydrogen) atoms. The lowest BCUT2D eigenvalue weighted by Crippen LogP contribution is -2.18. The van der Waals surface area contributed by atoms with Crippen molar-refractivity contribution >= 4 is 17.6 Å². The van der Waals surface area contributed by atoms with E-state index in [1.54, 1.807) is 30.0 Å². The average Bonchev–Trinajstić information content (AvgIpc) is 2.94.